The molecular formula is C18H27N3O4. The zero-order chi connectivity index (χ0) is 18.4. The maximum absolute atomic E-state index is 12.1. The van der Waals surface area contributed by atoms with Crippen molar-refractivity contribution in [1.29, 1.82) is 0 Å². The van der Waals surface area contributed by atoms with E-state index in [1.165, 1.54) is 0 Å². The molecule has 2 rings (SSSR count). The van der Waals surface area contributed by atoms with Crippen molar-refractivity contribution in [1.82, 2.24) is 15.5 Å². The lowest BCUT2D eigenvalue weighted by Crippen LogP contribution is -2.51. The zero-order valence-corrected chi connectivity index (χ0v) is 15.3. The predicted molar refractivity (Wildman–Crippen MR) is 94.9 cm³/mol. The van der Waals surface area contributed by atoms with Gasteiger partial charge in [0.1, 0.15) is 12.7 Å². The van der Waals surface area contributed by atoms with Gasteiger partial charge in [0.05, 0.1) is 6.54 Å². The lowest BCUT2D eigenvalue weighted by Gasteiger charge is -2.30. The predicted octanol–water partition coefficient (Wildman–Crippen LogP) is 1.77. The second kappa shape index (κ2) is 8.20. The number of benzene rings is 1. The summed E-state index contributed by atoms with van der Waals surface area (Å²) in [5.41, 5.74) is -0.393. The highest BCUT2D eigenvalue weighted by Crippen LogP contribution is 2.30. The highest BCUT2D eigenvalue weighted by atomic mass is 16.6. The summed E-state index contributed by atoms with van der Waals surface area (Å²) >= 11 is 0. The Bertz CT molecular complexity index is 613. The summed E-state index contributed by atoms with van der Waals surface area (Å²) in [6, 6.07) is 7.03. The van der Waals surface area contributed by atoms with Gasteiger partial charge in [0.25, 0.3) is 0 Å². The number of fused-ring (bicyclic) bond motifs is 1. The van der Waals surface area contributed by atoms with Crippen molar-refractivity contribution in [3.05, 3.63) is 24.3 Å². The van der Waals surface area contributed by atoms with Crippen LogP contribution in [0.25, 0.3) is 0 Å². The minimum Gasteiger partial charge on any atom is -0.486 e. The first-order valence-electron chi connectivity index (χ1n) is 8.49. The van der Waals surface area contributed by atoms with Crippen molar-refractivity contribution in [3.8, 4) is 11.5 Å². The minimum absolute atomic E-state index is 0.121. The molecule has 0 aliphatic carbocycles. The molecule has 0 spiro atoms. The monoisotopic (exact) mass is 349 g/mol. The maximum atomic E-state index is 12.1. The van der Waals surface area contributed by atoms with E-state index in [1.54, 1.807) is 0 Å². The van der Waals surface area contributed by atoms with Crippen molar-refractivity contribution < 1.29 is 19.1 Å². The Hall–Kier alpha value is -2.28. The number of likely N-dealkylation sites (N-methyl/N-ethyl adjacent to an activating group) is 1. The molecule has 1 aromatic rings. The van der Waals surface area contributed by atoms with Crippen LogP contribution >= 0.6 is 0 Å². The van der Waals surface area contributed by atoms with Gasteiger partial charge in [-0.3, -0.25) is 15.0 Å². The van der Waals surface area contributed by atoms with Crippen LogP contribution in [0.15, 0.2) is 24.3 Å². The third-order valence-electron chi connectivity index (χ3n) is 3.59. The quantitative estimate of drug-likeness (QED) is 0.847. The summed E-state index contributed by atoms with van der Waals surface area (Å²) in [4.78, 5) is 25.7. The smallest absolute Gasteiger partial charge is 0.321 e. The molecule has 0 unspecified atom stereocenters. The number of carbonyl (C=O) groups excluding carboxylic acids is 2. The van der Waals surface area contributed by atoms with Gasteiger partial charge in [0, 0.05) is 12.1 Å². The lowest BCUT2D eigenvalue weighted by atomic mass is 10.1. The van der Waals surface area contributed by atoms with Gasteiger partial charge in [-0.2, -0.15) is 0 Å². The topological polar surface area (TPSA) is 79.9 Å². The largest absolute Gasteiger partial charge is 0.486 e. The molecule has 1 aromatic carbocycles. The van der Waals surface area contributed by atoms with Gasteiger partial charge in [-0.05, 0) is 39.4 Å². The van der Waals surface area contributed by atoms with Gasteiger partial charge in [-0.15, -0.1) is 0 Å². The van der Waals surface area contributed by atoms with E-state index in [4.69, 9.17) is 9.47 Å². The standard InChI is InChI=1S/C18H27N3O4/c1-5-21(11-16(22)19-17(23)20-18(2,3)4)10-13-12-24-14-8-6-7-9-15(14)25-13/h6-9,13H,5,10-12H2,1-4H3,(H2,19,20,22,23)/t13-/m1/s1. The van der Waals surface area contributed by atoms with E-state index >= 15 is 0 Å². The number of amides is 3. The van der Waals surface area contributed by atoms with E-state index in [9.17, 15) is 9.59 Å². The third-order valence-corrected chi connectivity index (χ3v) is 3.59. The first-order valence-corrected chi connectivity index (χ1v) is 8.49. The maximum Gasteiger partial charge on any atom is 0.321 e. The van der Waals surface area contributed by atoms with Gasteiger partial charge >= 0.3 is 6.03 Å². The Balaban J connectivity index is 1.82. The van der Waals surface area contributed by atoms with Crippen LogP contribution < -0.4 is 20.1 Å². The van der Waals surface area contributed by atoms with Crippen molar-refractivity contribution in [2.75, 3.05) is 26.2 Å². The van der Waals surface area contributed by atoms with Gasteiger partial charge in [0.15, 0.2) is 11.5 Å². The molecule has 3 amide bonds. The molecule has 0 saturated heterocycles. The molecule has 2 N–H and O–H groups in total. The van der Waals surface area contributed by atoms with Gasteiger partial charge in [-0.25, -0.2) is 4.79 Å². The lowest BCUT2D eigenvalue weighted by molar-refractivity contribution is -0.121. The molecule has 1 heterocycles. The number of imide groups is 1. The van der Waals surface area contributed by atoms with E-state index in [2.05, 4.69) is 10.6 Å². The molecule has 0 fully saturated rings. The average Bonchev–Trinajstić information content (AvgIpc) is 2.52. The molecule has 0 saturated carbocycles. The van der Waals surface area contributed by atoms with Crippen molar-refractivity contribution in [3.63, 3.8) is 0 Å². The number of nitrogens with one attached hydrogen (secondary N) is 2. The molecule has 0 bridgehead atoms. The van der Waals surface area contributed by atoms with Crippen LogP contribution in [0, 0.1) is 0 Å². The molecule has 1 atom stereocenters. The van der Waals surface area contributed by atoms with Crippen LogP contribution in [-0.2, 0) is 4.79 Å². The second-order valence-electron chi connectivity index (χ2n) is 7.08. The zero-order valence-electron chi connectivity index (χ0n) is 15.3. The van der Waals surface area contributed by atoms with Crippen molar-refractivity contribution in [2.45, 2.75) is 39.3 Å². The first-order chi connectivity index (χ1) is 11.8. The fourth-order valence-corrected chi connectivity index (χ4v) is 2.49. The van der Waals surface area contributed by atoms with E-state index in [0.717, 1.165) is 5.75 Å². The molecule has 0 aromatic heterocycles. The minimum atomic E-state index is -0.486. The first kappa shape index (κ1) is 19.1. The van der Waals surface area contributed by atoms with Gasteiger partial charge in [-0.1, -0.05) is 19.1 Å². The van der Waals surface area contributed by atoms with Gasteiger partial charge < -0.3 is 14.8 Å². The summed E-state index contributed by atoms with van der Waals surface area (Å²) in [5.74, 6) is 1.10. The number of nitrogens with zero attached hydrogens (tertiary/aromatic N) is 1. The van der Waals surface area contributed by atoms with Crippen LogP contribution in [-0.4, -0.2) is 54.7 Å². The number of para-hydroxylation sites is 2. The third kappa shape index (κ3) is 6.26. The number of carbonyl (C=O) groups is 2. The van der Waals surface area contributed by atoms with Crippen molar-refractivity contribution in [2.24, 2.45) is 0 Å². The fourth-order valence-electron chi connectivity index (χ4n) is 2.49. The number of hydrogen-bond donors (Lipinski definition) is 2. The Morgan fingerprint density at radius 2 is 1.92 bits per heavy atom. The Labute approximate surface area is 148 Å². The SMILES string of the molecule is CCN(CC(=O)NC(=O)NC(C)(C)C)C[C@@H]1COc2ccccc2O1. The van der Waals surface area contributed by atoms with E-state index in [-0.39, 0.29) is 18.6 Å². The van der Waals surface area contributed by atoms with Crippen molar-refractivity contribution >= 4 is 11.9 Å². The average molecular weight is 349 g/mol. The van der Waals surface area contributed by atoms with Crippen LogP contribution in [0.4, 0.5) is 4.79 Å². The summed E-state index contributed by atoms with van der Waals surface area (Å²) in [6.45, 7) is 9.28. The van der Waals surface area contributed by atoms with E-state index in [0.29, 0.717) is 25.4 Å². The molecule has 1 aliphatic heterocycles. The molecule has 7 nitrogen and oxygen atoms in total. The van der Waals surface area contributed by atoms with Crippen LogP contribution in [0.3, 0.4) is 0 Å². The molecule has 0 radical (unpaired) electrons. The Morgan fingerprint density at radius 1 is 1.24 bits per heavy atom. The summed E-state index contributed by atoms with van der Waals surface area (Å²) in [5, 5.41) is 5.05. The number of ether oxygens (including phenoxy) is 2. The second-order valence-corrected chi connectivity index (χ2v) is 7.08. The van der Waals surface area contributed by atoms with E-state index in [1.807, 2.05) is 56.9 Å². The highest BCUT2D eigenvalue weighted by molar-refractivity contribution is 5.95. The fraction of sp³-hybridized carbons (Fsp3) is 0.556. The van der Waals surface area contributed by atoms with E-state index < -0.39 is 11.6 Å². The van der Waals surface area contributed by atoms with Crippen LogP contribution in [0.1, 0.15) is 27.7 Å². The highest BCUT2D eigenvalue weighted by Gasteiger charge is 2.24. The molecule has 138 valence electrons. The Kier molecular flexibility index (Phi) is 6.25. The summed E-state index contributed by atoms with van der Waals surface area (Å²) in [6.07, 6.45) is -0.161. The number of urea groups is 1. The normalized spacial score (nSPS) is 16.4. The number of rotatable bonds is 5. The molecule has 1 aliphatic rings. The van der Waals surface area contributed by atoms with Crippen LogP contribution in [0.2, 0.25) is 0 Å². The Morgan fingerprint density at radius 3 is 2.56 bits per heavy atom. The summed E-state index contributed by atoms with van der Waals surface area (Å²) < 4.78 is 11.6. The molecule has 25 heavy (non-hydrogen) atoms. The van der Waals surface area contributed by atoms with Gasteiger partial charge in [0.2, 0.25) is 5.91 Å². The molecule has 7 heteroatoms. The molecular weight excluding hydrogens is 322 g/mol. The number of hydrogen-bond acceptors (Lipinski definition) is 5. The van der Waals surface area contributed by atoms with Crippen LogP contribution in [0.5, 0.6) is 11.5 Å². The summed E-state index contributed by atoms with van der Waals surface area (Å²) in [7, 11) is 0.